The fourth-order valence-corrected chi connectivity index (χ4v) is 5.27. The fraction of sp³-hybridized carbons (Fsp3) is 1.00. The van der Waals surface area contributed by atoms with Gasteiger partial charge in [-0.2, -0.15) is 4.31 Å². The van der Waals surface area contributed by atoms with E-state index in [-0.39, 0.29) is 25.8 Å². The predicted molar refractivity (Wildman–Crippen MR) is 61.6 cm³/mol. The van der Waals surface area contributed by atoms with Gasteiger partial charge in [-0.05, 0) is 6.92 Å². The van der Waals surface area contributed by atoms with Crippen molar-refractivity contribution >= 4 is 19.9 Å². The number of rotatable bonds is 4. The summed E-state index contributed by atoms with van der Waals surface area (Å²) in [6.07, 6.45) is -0.0962. The number of hydrogen-bond donors (Lipinski definition) is 1. The third-order valence-corrected chi connectivity index (χ3v) is 6.24. The number of nitrogens with zero attached hydrogens (tertiary/aromatic N) is 1. The van der Waals surface area contributed by atoms with Crippen LogP contribution in [-0.4, -0.2) is 69.5 Å². The largest absolute Gasteiger partial charge is 0.394 e. The topological polar surface area (TPSA) is 101 Å². The van der Waals surface area contributed by atoms with Crippen LogP contribution in [0.1, 0.15) is 6.92 Å². The second-order valence-corrected chi connectivity index (χ2v) is 8.70. The molecule has 2 unspecified atom stereocenters. The first-order chi connectivity index (χ1) is 7.64. The molecule has 0 aliphatic carbocycles. The Labute approximate surface area is 101 Å². The molecular formula is C8H17NO6S2. The van der Waals surface area contributed by atoms with Crippen molar-refractivity contribution in [1.82, 2.24) is 4.31 Å². The van der Waals surface area contributed by atoms with Crippen LogP contribution in [0.5, 0.6) is 0 Å². The molecule has 0 amide bonds. The summed E-state index contributed by atoms with van der Waals surface area (Å²) in [6.45, 7) is 1.47. The summed E-state index contributed by atoms with van der Waals surface area (Å²) >= 11 is 0. The van der Waals surface area contributed by atoms with Gasteiger partial charge in [-0.3, -0.25) is 0 Å². The lowest BCUT2D eigenvalue weighted by Gasteiger charge is -2.34. The Morgan fingerprint density at radius 3 is 2.35 bits per heavy atom. The van der Waals surface area contributed by atoms with Crippen LogP contribution < -0.4 is 0 Å². The van der Waals surface area contributed by atoms with Gasteiger partial charge in [0.2, 0.25) is 10.0 Å². The Morgan fingerprint density at radius 1 is 1.29 bits per heavy atom. The first-order valence-electron chi connectivity index (χ1n) is 5.06. The smallest absolute Gasteiger partial charge is 0.228 e. The molecule has 0 saturated carbocycles. The van der Waals surface area contributed by atoms with Gasteiger partial charge in [0.25, 0.3) is 0 Å². The Hall–Kier alpha value is -0.220. The summed E-state index contributed by atoms with van der Waals surface area (Å²) in [5.41, 5.74) is 0. The van der Waals surface area contributed by atoms with E-state index in [2.05, 4.69) is 0 Å². The van der Waals surface area contributed by atoms with Gasteiger partial charge in [0.1, 0.15) is 0 Å². The SMILES string of the molecule is CC1CN(S(=O)(=O)CS(C)(=O)=O)CC(CO)O1. The molecule has 0 radical (unpaired) electrons. The highest BCUT2D eigenvalue weighted by atomic mass is 32.3. The van der Waals surface area contributed by atoms with E-state index < -0.39 is 31.0 Å². The molecule has 1 aliphatic rings. The summed E-state index contributed by atoms with van der Waals surface area (Å²) in [5, 5.41) is 8.05. The molecule has 0 aromatic heterocycles. The number of sulfonamides is 1. The number of aliphatic hydroxyl groups is 1. The summed E-state index contributed by atoms with van der Waals surface area (Å²) in [4.78, 5) is 0. The van der Waals surface area contributed by atoms with E-state index in [0.717, 1.165) is 10.6 Å². The number of sulfone groups is 1. The summed E-state index contributed by atoms with van der Waals surface area (Å²) < 4.78 is 52.1. The number of ether oxygens (including phenoxy) is 1. The molecule has 1 saturated heterocycles. The quantitative estimate of drug-likeness (QED) is 0.668. The van der Waals surface area contributed by atoms with Gasteiger partial charge in [-0.1, -0.05) is 0 Å². The maximum Gasteiger partial charge on any atom is 0.228 e. The number of aliphatic hydroxyl groups excluding tert-OH is 1. The first-order valence-corrected chi connectivity index (χ1v) is 8.73. The van der Waals surface area contributed by atoms with E-state index in [1.54, 1.807) is 6.92 Å². The fourth-order valence-electron chi connectivity index (χ4n) is 1.68. The molecule has 1 aliphatic heterocycles. The number of hydrogen-bond acceptors (Lipinski definition) is 6. The molecular weight excluding hydrogens is 270 g/mol. The standard InChI is InChI=1S/C8H17NO6S2/c1-7-3-9(4-8(5-10)15-7)17(13,14)6-16(2,11)12/h7-8,10H,3-6H2,1-2H3. The van der Waals surface area contributed by atoms with Crippen molar-refractivity contribution in [2.45, 2.75) is 19.1 Å². The maximum atomic E-state index is 11.8. The molecule has 17 heavy (non-hydrogen) atoms. The molecule has 1 rings (SSSR count). The second-order valence-electron chi connectivity index (χ2n) is 4.22. The molecule has 9 heteroatoms. The van der Waals surface area contributed by atoms with Gasteiger partial charge in [-0.15, -0.1) is 0 Å². The van der Waals surface area contributed by atoms with Gasteiger partial charge in [0.05, 0.1) is 18.8 Å². The van der Waals surface area contributed by atoms with Gasteiger partial charge in [-0.25, -0.2) is 16.8 Å². The van der Waals surface area contributed by atoms with E-state index in [1.807, 2.05) is 0 Å². The lowest BCUT2D eigenvalue weighted by molar-refractivity contribution is -0.0749. The summed E-state index contributed by atoms with van der Waals surface area (Å²) in [7, 11) is -7.47. The first kappa shape index (κ1) is 14.8. The third-order valence-electron chi connectivity index (χ3n) is 2.25. The van der Waals surface area contributed by atoms with Crippen LogP contribution in [0.25, 0.3) is 0 Å². The molecule has 1 fully saturated rings. The van der Waals surface area contributed by atoms with Crippen molar-refractivity contribution in [3.8, 4) is 0 Å². The minimum absolute atomic E-state index is 0.0152. The minimum atomic E-state index is -3.86. The lowest BCUT2D eigenvalue weighted by atomic mass is 10.2. The zero-order chi connectivity index (χ0) is 13.3. The van der Waals surface area contributed by atoms with Crippen molar-refractivity contribution in [1.29, 1.82) is 0 Å². The van der Waals surface area contributed by atoms with Crippen LogP contribution >= 0.6 is 0 Å². The highest BCUT2D eigenvalue weighted by Gasteiger charge is 2.34. The van der Waals surface area contributed by atoms with Crippen LogP contribution in [0.3, 0.4) is 0 Å². The molecule has 0 bridgehead atoms. The van der Waals surface area contributed by atoms with Gasteiger partial charge < -0.3 is 9.84 Å². The Kier molecular flexibility index (Phi) is 4.53. The zero-order valence-electron chi connectivity index (χ0n) is 9.74. The Balaban J connectivity index is 2.84. The summed E-state index contributed by atoms with van der Waals surface area (Å²) in [6, 6.07) is 0. The monoisotopic (exact) mass is 287 g/mol. The molecule has 0 aromatic carbocycles. The Morgan fingerprint density at radius 2 is 1.88 bits per heavy atom. The maximum absolute atomic E-state index is 11.8. The highest BCUT2D eigenvalue weighted by Crippen LogP contribution is 2.15. The van der Waals surface area contributed by atoms with Crippen molar-refractivity contribution in [3.63, 3.8) is 0 Å². The third kappa shape index (κ3) is 4.51. The molecule has 1 N–H and O–H groups in total. The van der Waals surface area contributed by atoms with Crippen molar-refractivity contribution in [2.24, 2.45) is 0 Å². The van der Waals surface area contributed by atoms with Crippen LogP contribution in [0.4, 0.5) is 0 Å². The second kappa shape index (κ2) is 5.19. The zero-order valence-corrected chi connectivity index (χ0v) is 11.4. The highest BCUT2D eigenvalue weighted by molar-refractivity contribution is 8.06. The molecule has 0 aromatic rings. The van der Waals surface area contributed by atoms with Crippen LogP contribution in [-0.2, 0) is 24.6 Å². The van der Waals surface area contributed by atoms with E-state index in [1.165, 1.54) is 0 Å². The predicted octanol–water partition coefficient (Wildman–Crippen LogP) is -1.60. The molecule has 0 spiro atoms. The van der Waals surface area contributed by atoms with Crippen LogP contribution in [0, 0.1) is 0 Å². The molecule has 7 nitrogen and oxygen atoms in total. The van der Waals surface area contributed by atoms with Crippen molar-refractivity contribution < 1.29 is 26.7 Å². The van der Waals surface area contributed by atoms with E-state index in [4.69, 9.17) is 9.84 Å². The van der Waals surface area contributed by atoms with E-state index >= 15 is 0 Å². The van der Waals surface area contributed by atoms with Crippen LogP contribution in [0.2, 0.25) is 0 Å². The molecule has 1 heterocycles. The average molecular weight is 287 g/mol. The Bertz CT molecular complexity index is 456. The minimum Gasteiger partial charge on any atom is -0.394 e. The van der Waals surface area contributed by atoms with Gasteiger partial charge >= 0.3 is 0 Å². The average Bonchev–Trinajstić information content (AvgIpc) is 2.13. The van der Waals surface area contributed by atoms with Gasteiger partial charge in [0, 0.05) is 19.3 Å². The van der Waals surface area contributed by atoms with Gasteiger partial charge in [0.15, 0.2) is 14.9 Å². The number of morpholine rings is 1. The summed E-state index contributed by atoms with van der Waals surface area (Å²) in [5.74, 6) is 0. The van der Waals surface area contributed by atoms with E-state index in [0.29, 0.717) is 0 Å². The molecule has 2 atom stereocenters. The lowest BCUT2D eigenvalue weighted by Crippen LogP contribution is -2.51. The van der Waals surface area contributed by atoms with Crippen LogP contribution in [0.15, 0.2) is 0 Å². The van der Waals surface area contributed by atoms with E-state index in [9.17, 15) is 16.8 Å². The molecule has 102 valence electrons. The normalized spacial score (nSPS) is 28.2. The van der Waals surface area contributed by atoms with Crippen molar-refractivity contribution in [2.75, 3.05) is 31.0 Å². The van der Waals surface area contributed by atoms with Crippen molar-refractivity contribution in [3.05, 3.63) is 0 Å².